The van der Waals surface area contributed by atoms with Gasteiger partial charge in [-0.25, -0.2) is 0 Å². The van der Waals surface area contributed by atoms with Gasteiger partial charge in [0.25, 0.3) is 0 Å². The van der Waals surface area contributed by atoms with Gasteiger partial charge < -0.3 is 32.2 Å². The van der Waals surface area contributed by atoms with E-state index in [0.29, 0.717) is 0 Å². The van der Waals surface area contributed by atoms with E-state index in [1.165, 1.54) is 0 Å². The maximum Gasteiger partial charge on any atom is 2.00 e. The van der Waals surface area contributed by atoms with Crippen LogP contribution < -0.4 is 0 Å². The summed E-state index contributed by atoms with van der Waals surface area (Å²) < 4.78 is 0. The number of rotatable bonds is 3. The van der Waals surface area contributed by atoms with Gasteiger partial charge in [-0.05, 0) is 0 Å². The van der Waals surface area contributed by atoms with Crippen molar-refractivity contribution in [2.75, 3.05) is 0 Å². The van der Waals surface area contributed by atoms with Crippen LogP contribution in [0.4, 0.5) is 0 Å². The van der Waals surface area contributed by atoms with Crippen LogP contribution in [-0.4, -0.2) is 88.1 Å². The Hall–Kier alpha value is 0.257. The molecule has 0 radical (unpaired) electrons. The molecule has 0 atom stereocenters. The van der Waals surface area contributed by atoms with Crippen molar-refractivity contribution in [3.8, 4) is 0 Å². The molecule has 14 heavy (non-hydrogen) atoms. The van der Waals surface area contributed by atoms with Crippen molar-refractivity contribution in [1.82, 2.24) is 0 Å². The molecular formula is C4H12CaO8Si. The standard InChI is InChI=1S/C4H6O4.Ca.H4O4Si.2H/c5-3(6)1-2-4(7)8;;1-5(2,3)4;;/h1-2H2,(H,5,6)(H,7,8);;1-4H;;/q;+2;;2*-1. The van der Waals surface area contributed by atoms with E-state index in [9.17, 15) is 9.59 Å². The summed E-state index contributed by atoms with van der Waals surface area (Å²) in [5.74, 6) is -2.15. The number of carboxylic acid groups (broad SMARTS) is 2. The minimum absolute atomic E-state index is 0. The quantitative estimate of drug-likeness (QED) is 0.295. The molecule has 0 saturated heterocycles. The fraction of sp³-hybridized carbons (Fsp3) is 0.500. The third kappa shape index (κ3) is 56.2. The SMILES string of the molecule is O=C(O)CCC(=O)O.O[Si](O)(O)O.[Ca+2].[H-].[H-]. The molecule has 0 aromatic carbocycles. The number of hydrogen-bond donors (Lipinski definition) is 6. The number of aliphatic carboxylic acids is 2. The Labute approximate surface area is 113 Å². The summed E-state index contributed by atoms with van der Waals surface area (Å²) in [4.78, 5) is 48.6. The van der Waals surface area contributed by atoms with Gasteiger partial charge in [0.1, 0.15) is 0 Å². The molecule has 0 aromatic heterocycles. The Bertz CT molecular complexity index is 165. The van der Waals surface area contributed by atoms with E-state index in [-0.39, 0.29) is 53.4 Å². The van der Waals surface area contributed by atoms with Gasteiger partial charge in [0.15, 0.2) is 0 Å². The van der Waals surface area contributed by atoms with Crippen molar-refractivity contribution in [3.63, 3.8) is 0 Å². The zero-order valence-electron chi connectivity index (χ0n) is 9.12. The molecule has 0 unspecified atom stereocenters. The third-order valence-corrected chi connectivity index (χ3v) is 0.553. The van der Waals surface area contributed by atoms with Crippen LogP contribution in [0.2, 0.25) is 0 Å². The summed E-state index contributed by atoms with van der Waals surface area (Å²) in [6.07, 6.45) is -0.593. The zero-order chi connectivity index (χ0) is 11.1. The Morgan fingerprint density at radius 3 is 1.14 bits per heavy atom. The molecule has 0 aliphatic heterocycles. The molecule has 0 heterocycles. The Balaban J connectivity index is -0.0000000454. The Morgan fingerprint density at radius 1 is 0.929 bits per heavy atom. The fourth-order valence-corrected chi connectivity index (χ4v) is 0.214. The molecule has 0 fully saturated rings. The molecule has 82 valence electrons. The van der Waals surface area contributed by atoms with Gasteiger partial charge in [0, 0.05) is 0 Å². The first-order chi connectivity index (χ1) is 5.63. The monoisotopic (exact) mass is 256 g/mol. The van der Waals surface area contributed by atoms with E-state index >= 15 is 0 Å². The van der Waals surface area contributed by atoms with Crippen molar-refractivity contribution in [1.29, 1.82) is 0 Å². The van der Waals surface area contributed by atoms with E-state index < -0.39 is 21.0 Å². The molecule has 0 aliphatic carbocycles. The minimum atomic E-state index is -4.61. The smallest absolute Gasteiger partial charge is 1.00 e. The second-order valence-corrected chi connectivity index (χ2v) is 3.09. The summed E-state index contributed by atoms with van der Waals surface area (Å²) in [5, 5.41) is 15.8. The predicted molar refractivity (Wildman–Crippen MR) is 47.1 cm³/mol. The molecule has 10 heteroatoms. The molecular weight excluding hydrogens is 244 g/mol. The summed E-state index contributed by atoms with van der Waals surface area (Å²) in [5.41, 5.74) is 0. The first-order valence-corrected chi connectivity index (χ1v) is 4.75. The van der Waals surface area contributed by atoms with E-state index in [1.54, 1.807) is 0 Å². The maximum absolute atomic E-state index is 9.64. The first-order valence-electron chi connectivity index (χ1n) is 2.96. The fourth-order valence-electron chi connectivity index (χ4n) is 0.214. The first kappa shape index (κ1) is 19.8. The van der Waals surface area contributed by atoms with Crippen LogP contribution in [0, 0.1) is 0 Å². The van der Waals surface area contributed by atoms with Crippen molar-refractivity contribution >= 4 is 58.7 Å². The van der Waals surface area contributed by atoms with Crippen molar-refractivity contribution < 1.29 is 41.8 Å². The number of hydrogen-bond acceptors (Lipinski definition) is 6. The van der Waals surface area contributed by atoms with Crippen molar-refractivity contribution in [2.45, 2.75) is 12.8 Å². The second kappa shape index (κ2) is 9.80. The molecule has 0 saturated carbocycles. The van der Waals surface area contributed by atoms with Crippen LogP contribution in [0.1, 0.15) is 15.7 Å². The largest absolute Gasteiger partial charge is 2.00 e. The van der Waals surface area contributed by atoms with Gasteiger partial charge in [-0.15, -0.1) is 0 Å². The molecule has 0 aromatic rings. The molecule has 0 spiro atoms. The van der Waals surface area contributed by atoms with Gasteiger partial charge in [0.2, 0.25) is 0 Å². The molecule has 8 nitrogen and oxygen atoms in total. The summed E-state index contributed by atoms with van der Waals surface area (Å²) in [6.45, 7) is 0. The average molecular weight is 256 g/mol. The maximum atomic E-state index is 9.64. The van der Waals surface area contributed by atoms with Crippen LogP contribution in [-0.2, 0) is 9.59 Å². The molecule has 0 amide bonds. The normalized spacial score (nSPS) is 9.14. The van der Waals surface area contributed by atoms with Crippen molar-refractivity contribution in [3.05, 3.63) is 0 Å². The Morgan fingerprint density at radius 2 is 1.07 bits per heavy atom. The third-order valence-electron chi connectivity index (χ3n) is 0.553. The van der Waals surface area contributed by atoms with Gasteiger partial charge in [-0.3, -0.25) is 9.59 Å². The van der Waals surface area contributed by atoms with Crippen molar-refractivity contribution in [2.24, 2.45) is 0 Å². The summed E-state index contributed by atoms with van der Waals surface area (Å²) in [6, 6.07) is 0. The van der Waals surface area contributed by atoms with Crippen LogP contribution in [0.5, 0.6) is 0 Å². The molecule has 0 aliphatic rings. The number of carboxylic acids is 2. The topological polar surface area (TPSA) is 156 Å². The van der Waals surface area contributed by atoms with E-state index in [4.69, 9.17) is 29.4 Å². The van der Waals surface area contributed by atoms with Crippen LogP contribution >= 0.6 is 0 Å². The predicted octanol–water partition coefficient (Wildman–Crippen LogP) is -2.83. The number of carbonyl (C=O) groups is 2. The average Bonchev–Trinajstić information content (AvgIpc) is 1.79. The zero-order valence-corrected chi connectivity index (χ0v) is 10.3. The van der Waals surface area contributed by atoms with Gasteiger partial charge in [-0.2, -0.15) is 0 Å². The van der Waals surface area contributed by atoms with Gasteiger partial charge in [0.05, 0.1) is 12.8 Å². The van der Waals surface area contributed by atoms with E-state index in [0.717, 1.165) is 0 Å². The minimum Gasteiger partial charge on any atom is -1.00 e. The molecule has 6 N–H and O–H groups in total. The van der Waals surface area contributed by atoms with Gasteiger partial charge in [-0.1, -0.05) is 0 Å². The molecule has 0 bridgehead atoms. The van der Waals surface area contributed by atoms with Crippen LogP contribution in [0.3, 0.4) is 0 Å². The van der Waals surface area contributed by atoms with E-state index in [1.807, 2.05) is 0 Å². The summed E-state index contributed by atoms with van der Waals surface area (Å²) in [7, 11) is -4.61. The van der Waals surface area contributed by atoms with Crippen LogP contribution in [0.25, 0.3) is 0 Å². The molecule has 0 rings (SSSR count). The summed E-state index contributed by atoms with van der Waals surface area (Å²) >= 11 is 0. The second-order valence-electron chi connectivity index (χ2n) is 1.89. The van der Waals surface area contributed by atoms with Crippen LogP contribution in [0.15, 0.2) is 0 Å². The van der Waals surface area contributed by atoms with Gasteiger partial charge >= 0.3 is 58.7 Å². The van der Waals surface area contributed by atoms with E-state index in [2.05, 4.69) is 0 Å². The Kier molecular flexibility index (Phi) is 13.8.